The van der Waals surface area contributed by atoms with E-state index in [4.69, 9.17) is 4.74 Å². The van der Waals surface area contributed by atoms with Crippen LogP contribution in [0.15, 0.2) is 22.7 Å². The zero-order valence-corrected chi connectivity index (χ0v) is 14.4. The molecule has 0 saturated carbocycles. The van der Waals surface area contributed by atoms with Gasteiger partial charge in [-0.3, -0.25) is 4.79 Å². The summed E-state index contributed by atoms with van der Waals surface area (Å²) in [5.41, 5.74) is 0.359. The Kier molecular flexibility index (Phi) is 5.77. The van der Waals surface area contributed by atoms with E-state index in [1.54, 1.807) is 25.1 Å². The average Bonchev–Trinajstić information content (AvgIpc) is 2.36. The van der Waals surface area contributed by atoms with Gasteiger partial charge >= 0.3 is 0 Å². The highest BCUT2D eigenvalue weighted by Crippen LogP contribution is 2.26. The minimum absolute atomic E-state index is 0.0181. The number of Topliss-reactive ketones (excluding diaryl/α,β-unsaturated/α-hetero) is 1. The summed E-state index contributed by atoms with van der Waals surface area (Å²) in [7, 11) is -1.91. The third-order valence-corrected chi connectivity index (χ3v) is 6.27. The highest BCUT2D eigenvalue weighted by molar-refractivity contribution is 9.10. The van der Waals surface area contributed by atoms with E-state index in [0.29, 0.717) is 15.8 Å². The van der Waals surface area contributed by atoms with Crippen molar-refractivity contribution in [1.82, 2.24) is 0 Å². The lowest BCUT2D eigenvalue weighted by Crippen LogP contribution is -2.29. The molecule has 0 fully saturated rings. The monoisotopic (exact) mass is 362 g/mol. The lowest BCUT2D eigenvalue weighted by atomic mass is 10.1. The van der Waals surface area contributed by atoms with E-state index in [2.05, 4.69) is 15.9 Å². The molecule has 0 radical (unpaired) electrons. The van der Waals surface area contributed by atoms with E-state index in [9.17, 15) is 13.2 Å². The van der Waals surface area contributed by atoms with Crippen molar-refractivity contribution < 1.29 is 17.9 Å². The molecule has 0 amide bonds. The van der Waals surface area contributed by atoms with Gasteiger partial charge in [0.2, 0.25) is 0 Å². The molecule has 1 aromatic rings. The van der Waals surface area contributed by atoms with Gasteiger partial charge in [0.25, 0.3) is 0 Å². The molecular weight excluding hydrogens is 344 g/mol. The van der Waals surface area contributed by atoms with Crippen molar-refractivity contribution in [2.45, 2.75) is 26.0 Å². The van der Waals surface area contributed by atoms with Gasteiger partial charge in [-0.15, -0.1) is 0 Å². The van der Waals surface area contributed by atoms with Crippen LogP contribution in [0.2, 0.25) is 0 Å². The van der Waals surface area contributed by atoms with E-state index >= 15 is 0 Å². The van der Waals surface area contributed by atoms with Crippen molar-refractivity contribution >= 4 is 31.6 Å². The predicted octanol–water partition coefficient (Wildman–Crippen LogP) is 3.10. The van der Waals surface area contributed by atoms with Crippen molar-refractivity contribution in [3.63, 3.8) is 0 Å². The molecule has 0 N–H and O–H groups in total. The van der Waals surface area contributed by atoms with Crippen LogP contribution >= 0.6 is 15.9 Å². The van der Waals surface area contributed by atoms with Crippen molar-refractivity contribution in [3.05, 3.63) is 28.2 Å². The SMILES string of the molecule is COc1ccc(C(=O)CS(=O)(=O)C(C)C(C)C)cc1Br. The maximum Gasteiger partial charge on any atom is 0.177 e. The van der Waals surface area contributed by atoms with Gasteiger partial charge in [-0.2, -0.15) is 0 Å². The van der Waals surface area contributed by atoms with Crippen molar-refractivity contribution in [1.29, 1.82) is 0 Å². The molecule has 0 bridgehead atoms. The second kappa shape index (κ2) is 6.72. The molecule has 4 nitrogen and oxygen atoms in total. The van der Waals surface area contributed by atoms with E-state index < -0.39 is 26.6 Å². The Hall–Kier alpha value is -0.880. The summed E-state index contributed by atoms with van der Waals surface area (Å²) < 4.78 is 29.9. The average molecular weight is 363 g/mol. The smallest absolute Gasteiger partial charge is 0.177 e. The Balaban J connectivity index is 2.95. The molecule has 1 unspecified atom stereocenters. The van der Waals surface area contributed by atoms with Gasteiger partial charge in [0.1, 0.15) is 11.5 Å². The molecule has 1 aromatic carbocycles. The Labute approximate surface area is 128 Å². The van der Waals surface area contributed by atoms with Gasteiger partial charge < -0.3 is 4.74 Å². The van der Waals surface area contributed by atoms with Gasteiger partial charge in [-0.25, -0.2) is 8.42 Å². The number of carbonyl (C=O) groups excluding carboxylic acids is 1. The Morgan fingerprint density at radius 1 is 1.30 bits per heavy atom. The number of halogens is 1. The molecule has 112 valence electrons. The zero-order chi connectivity index (χ0) is 15.5. The number of hydrogen-bond donors (Lipinski definition) is 0. The van der Waals surface area contributed by atoms with Crippen LogP contribution < -0.4 is 4.74 Å². The summed E-state index contributed by atoms with van der Waals surface area (Å²) in [5.74, 6) is -0.290. The van der Waals surface area contributed by atoms with Gasteiger partial charge in [-0.05, 0) is 47.0 Å². The van der Waals surface area contributed by atoms with E-state index in [1.807, 2.05) is 13.8 Å². The minimum Gasteiger partial charge on any atom is -0.496 e. The predicted molar refractivity (Wildman–Crippen MR) is 83.1 cm³/mol. The Morgan fingerprint density at radius 2 is 1.90 bits per heavy atom. The van der Waals surface area contributed by atoms with Gasteiger partial charge in [0.15, 0.2) is 15.6 Å². The number of methoxy groups -OCH3 is 1. The number of sulfone groups is 1. The lowest BCUT2D eigenvalue weighted by Gasteiger charge is -2.16. The summed E-state index contributed by atoms with van der Waals surface area (Å²) in [4.78, 5) is 12.1. The Morgan fingerprint density at radius 3 is 2.35 bits per heavy atom. The van der Waals surface area contributed by atoms with Crippen LogP contribution in [0.3, 0.4) is 0 Å². The maximum absolute atomic E-state index is 12.1. The number of ether oxygens (including phenoxy) is 1. The van der Waals surface area contributed by atoms with Crippen LogP contribution in [0.25, 0.3) is 0 Å². The first-order valence-electron chi connectivity index (χ1n) is 6.27. The first kappa shape index (κ1) is 17.2. The molecule has 6 heteroatoms. The summed E-state index contributed by atoms with van der Waals surface area (Å²) in [6.07, 6.45) is 0. The highest BCUT2D eigenvalue weighted by atomic mass is 79.9. The zero-order valence-electron chi connectivity index (χ0n) is 12.0. The quantitative estimate of drug-likeness (QED) is 0.729. The molecule has 0 aliphatic heterocycles. The molecule has 1 atom stereocenters. The molecule has 0 aliphatic carbocycles. The topological polar surface area (TPSA) is 60.4 Å². The molecule has 1 rings (SSSR count). The summed E-state index contributed by atoms with van der Waals surface area (Å²) >= 11 is 3.28. The van der Waals surface area contributed by atoms with E-state index in [1.165, 1.54) is 7.11 Å². The number of benzene rings is 1. The Bertz CT molecular complexity index is 593. The molecule has 20 heavy (non-hydrogen) atoms. The fourth-order valence-electron chi connectivity index (χ4n) is 1.65. The van der Waals surface area contributed by atoms with Crippen LogP contribution in [0.1, 0.15) is 31.1 Å². The van der Waals surface area contributed by atoms with Crippen LogP contribution in [0, 0.1) is 5.92 Å². The number of ketones is 1. The number of rotatable bonds is 6. The van der Waals surface area contributed by atoms with E-state index in [0.717, 1.165) is 0 Å². The molecule has 0 saturated heterocycles. The second-order valence-corrected chi connectivity index (χ2v) is 8.24. The van der Waals surface area contributed by atoms with E-state index in [-0.39, 0.29) is 5.92 Å². The van der Waals surface area contributed by atoms with Gasteiger partial charge in [-0.1, -0.05) is 13.8 Å². The first-order chi connectivity index (χ1) is 9.19. The molecule has 0 aromatic heterocycles. The third-order valence-electron chi connectivity index (χ3n) is 3.31. The second-order valence-electron chi connectivity index (χ2n) is 5.03. The molecular formula is C14H19BrO4S. The first-order valence-corrected chi connectivity index (χ1v) is 8.78. The van der Waals surface area contributed by atoms with Crippen molar-refractivity contribution in [3.8, 4) is 5.75 Å². The summed E-state index contributed by atoms with van der Waals surface area (Å²) in [5, 5.41) is -0.534. The number of hydrogen-bond acceptors (Lipinski definition) is 4. The lowest BCUT2D eigenvalue weighted by molar-refractivity contribution is 0.102. The van der Waals surface area contributed by atoms with Gasteiger partial charge in [0.05, 0.1) is 16.8 Å². The van der Waals surface area contributed by atoms with Crippen molar-refractivity contribution in [2.24, 2.45) is 5.92 Å². The standard InChI is InChI=1S/C14H19BrO4S/c1-9(2)10(3)20(17,18)8-13(16)11-5-6-14(19-4)12(15)7-11/h5-7,9-10H,8H2,1-4H3. The highest BCUT2D eigenvalue weighted by Gasteiger charge is 2.27. The largest absolute Gasteiger partial charge is 0.496 e. The maximum atomic E-state index is 12.1. The minimum atomic E-state index is -3.43. The number of carbonyl (C=O) groups is 1. The molecule has 0 heterocycles. The van der Waals surface area contributed by atoms with Gasteiger partial charge in [0, 0.05) is 5.56 Å². The van der Waals surface area contributed by atoms with Crippen LogP contribution in [-0.4, -0.2) is 32.3 Å². The summed E-state index contributed by atoms with van der Waals surface area (Å²) in [6.45, 7) is 5.30. The fraction of sp³-hybridized carbons (Fsp3) is 0.500. The third kappa shape index (κ3) is 4.06. The summed E-state index contributed by atoms with van der Waals surface area (Å²) in [6, 6.07) is 4.79. The van der Waals surface area contributed by atoms with Crippen molar-refractivity contribution in [2.75, 3.05) is 12.9 Å². The van der Waals surface area contributed by atoms with Crippen LogP contribution in [0.4, 0.5) is 0 Å². The normalized spacial score (nSPS) is 13.3. The molecule has 0 spiro atoms. The molecule has 0 aliphatic rings. The van der Waals surface area contributed by atoms with Crippen LogP contribution in [0.5, 0.6) is 5.75 Å². The van der Waals surface area contributed by atoms with Crippen LogP contribution in [-0.2, 0) is 9.84 Å². The fourth-order valence-corrected chi connectivity index (χ4v) is 3.82.